The number of hydrogen-bond acceptors (Lipinski definition) is 2. The summed E-state index contributed by atoms with van der Waals surface area (Å²) < 4.78 is 0. The molecule has 1 aromatic heterocycles. The van der Waals surface area contributed by atoms with Crippen LogP contribution in [0.5, 0.6) is 0 Å². The number of aryl methyl sites for hydroxylation is 1. The first-order chi connectivity index (χ1) is 7.08. The van der Waals surface area contributed by atoms with Gasteiger partial charge < -0.3 is 11.1 Å². The molecule has 1 heterocycles. The van der Waals surface area contributed by atoms with Crippen LogP contribution in [0.15, 0.2) is 23.3 Å². The number of nitrogens with zero attached hydrogens (tertiary/aromatic N) is 2. The SMILES string of the molecule is Cc1ccc(NC(N)=NCC(C)C)cn1. The normalized spacial score (nSPS) is 11.9. The molecule has 0 unspecified atom stereocenters. The Morgan fingerprint density at radius 1 is 1.53 bits per heavy atom. The van der Waals surface area contributed by atoms with Crippen LogP contribution in [-0.2, 0) is 0 Å². The Morgan fingerprint density at radius 2 is 2.27 bits per heavy atom. The van der Waals surface area contributed by atoms with Gasteiger partial charge in [-0.2, -0.15) is 0 Å². The summed E-state index contributed by atoms with van der Waals surface area (Å²) in [5.41, 5.74) is 7.55. The largest absolute Gasteiger partial charge is 0.370 e. The molecule has 0 aromatic carbocycles. The van der Waals surface area contributed by atoms with Crippen LogP contribution in [0.4, 0.5) is 5.69 Å². The van der Waals surface area contributed by atoms with Gasteiger partial charge in [0.15, 0.2) is 5.96 Å². The third-order valence-corrected chi connectivity index (χ3v) is 1.81. The maximum Gasteiger partial charge on any atom is 0.193 e. The van der Waals surface area contributed by atoms with Crippen LogP contribution in [0, 0.1) is 12.8 Å². The van der Waals surface area contributed by atoms with Gasteiger partial charge in [-0.25, -0.2) is 0 Å². The number of aromatic nitrogens is 1. The van der Waals surface area contributed by atoms with Crippen molar-refractivity contribution in [1.29, 1.82) is 0 Å². The standard InChI is InChI=1S/C11H18N4/c1-8(2)6-14-11(12)15-10-5-4-9(3)13-7-10/h4-5,7-8H,6H2,1-3H3,(H3,12,14,15). The van der Waals surface area contributed by atoms with E-state index in [1.807, 2.05) is 19.1 Å². The molecule has 82 valence electrons. The first kappa shape index (κ1) is 11.5. The fourth-order valence-corrected chi connectivity index (χ4v) is 1.01. The summed E-state index contributed by atoms with van der Waals surface area (Å²) in [6.45, 7) is 6.88. The number of hydrogen-bond donors (Lipinski definition) is 2. The minimum atomic E-state index is 0.439. The molecule has 4 nitrogen and oxygen atoms in total. The number of aliphatic imine (C=N–C) groups is 1. The van der Waals surface area contributed by atoms with Crippen LogP contribution in [0.3, 0.4) is 0 Å². The smallest absolute Gasteiger partial charge is 0.193 e. The van der Waals surface area contributed by atoms with Crippen LogP contribution < -0.4 is 11.1 Å². The average molecular weight is 206 g/mol. The van der Waals surface area contributed by atoms with E-state index in [-0.39, 0.29) is 0 Å². The van der Waals surface area contributed by atoms with Crippen molar-refractivity contribution in [1.82, 2.24) is 4.98 Å². The fourth-order valence-electron chi connectivity index (χ4n) is 1.01. The van der Waals surface area contributed by atoms with E-state index >= 15 is 0 Å². The molecule has 0 bridgehead atoms. The Labute approximate surface area is 90.6 Å². The molecule has 0 atom stereocenters. The molecule has 1 aromatic rings. The van der Waals surface area contributed by atoms with Gasteiger partial charge in [-0.3, -0.25) is 9.98 Å². The zero-order chi connectivity index (χ0) is 11.3. The highest BCUT2D eigenvalue weighted by atomic mass is 15.1. The van der Waals surface area contributed by atoms with Gasteiger partial charge >= 0.3 is 0 Å². The van der Waals surface area contributed by atoms with E-state index in [0.29, 0.717) is 11.9 Å². The van der Waals surface area contributed by atoms with Crippen molar-refractivity contribution < 1.29 is 0 Å². The first-order valence-electron chi connectivity index (χ1n) is 5.07. The monoisotopic (exact) mass is 206 g/mol. The van der Waals surface area contributed by atoms with Crippen LogP contribution >= 0.6 is 0 Å². The second-order valence-corrected chi connectivity index (χ2v) is 3.93. The molecule has 15 heavy (non-hydrogen) atoms. The highest BCUT2D eigenvalue weighted by molar-refractivity contribution is 5.92. The predicted molar refractivity (Wildman–Crippen MR) is 63.9 cm³/mol. The molecule has 0 saturated carbocycles. The summed E-state index contributed by atoms with van der Waals surface area (Å²) in [6.07, 6.45) is 1.74. The predicted octanol–water partition coefficient (Wildman–Crippen LogP) is 1.77. The zero-order valence-electron chi connectivity index (χ0n) is 9.49. The maximum atomic E-state index is 5.70. The van der Waals surface area contributed by atoms with E-state index in [0.717, 1.165) is 17.9 Å². The Bertz CT molecular complexity index is 327. The molecule has 0 aliphatic heterocycles. The summed E-state index contributed by atoms with van der Waals surface area (Å²) >= 11 is 0. The van der Waals surface area contributed by atoms with E-state index in [4.69, 9.17) is 5.73 Å². The van der Waals surface area contributed by atoms with E-state index < -0.39 is 0 Å². The molecule has 0 saturated heterocycles. The number of rotatable bonds is 3. The maximum absolute atomic E-state index is 5.70. The van der Waals surface area contributed by atoms with Gasteiger partial charge in [-0.1, -0.05) is 13.8 Å². The van der Waals surface area contributed by atoms with Crippen LogP contribution in [-0.4, -0.2) is 17.5 Å². The summed E-state index contributed by atoms with van der Waals surface area (Å²) in [4.78, 5) is 8.35. The molecule has 0 amide bonds. The third-order valence-electron chi connectivity index (χ3n) is 1.81. The number of anilines is 1. The quantitative estimate of drug-likeness (QED) is 0.585. The van der Waals surface area contributed by atoms with Crippen molar-refractivity contribution in [3.8, 4) is 0 Å². The van der Waals surface area contributed by atoms with Crippen molar-refractivity contribution >= 4 is 11.6 Å². The summed E-state index contributed by atoms with van der Waals surface area (Å²) in [5.74, 6) is 0.954. The van der Waals surface area contributed by atoms with E-state index in [1.165, 1.54) is 0 Å². The Kier molecular flexibility index (Phi) is 4.09. The Hall–Kier alpha value is -1.58. The van der Waals surface area contributed by atoms with Crippen molar-refractivity contribution in [2.45, 2.75) is 20.8 Å². The van der Waals surface area contributed by atoms with Gasteiger partial charge in [0.1, 0.15) is 0 Å². The molecule has 0 aliphatic rings. The molecule has 0 radical (unpaired) electrons. The minimum Gasteiger partial charge on any atom is -0.370 e. The number of pyridine rings is 1. The number of guanidine groups is 1. The zero-order valence-corrected chi connectivity index (χ0v) is 9.49. The third kappa shape index (κ3) is 4.44. The highest BCUT2D eigenvalue weighted by Crippen LogP contribution is 2.04. The van der Waals surface area contributed by atoms with Gasteiger partial charge in [-0.15, -0.1) is 0 Å². The summed E-state index contributed by atoms with van der Waals surface area (Å²) in [5, 5.41) is 2.99. The lowest BCUT2D eigenvalue weighted by atomic mass is 10.2. The molecular weight excluding hydrogens is 188 g/mol. The van der Waals surface area contributed by atoms with Crippen molar-refractivity contribution in [2.75, 3.05) is 11.9 Å². The lowest BCUT2D eigenvalue weighted by Gasteiger charge is -2.06. The first-order valence-corrected chi connectivity index (χ1v) is 5.07. The number of nitrogens with one attached hydrogen (secondary N) is 1. The van der Waals surface area contributed by atoms with E-state index in [2.05, 4.69) is 29.1 Å². The van der Waals surface area contributed by atoms with Gasteiger partial charge in [0, 0.05) is 12.2 Å². The molecule has 0 fully saturated rings. The van der Waals surface area contributed by atoms with E-state index in [1.54, 1.807) is 6.20 Å². The van der Waals surface area contributed by atoms with Crippen LogP contribution in [0.1, 0.15) is 19.5 Å². The number of nitrogens with two attached hydrogens (primary N) is 1. The highest BCUT2D eigenvalue weighted by Gasteiger charge is 1.96. The van der Waals surface area contributed by atoms with Gasteiger partial charge in [-0.05, 0) is 25.0 Å². The summed E-state index contributed by atoms with van der Waals surface area (Å²) in [6, 6.07) is 3.86. The molecular formula is C11H18N4. The molecule has 0 spiro atoms. The van der Waals surface area contributed by atoms with Crippen molar-refractivity contribution in [3.05, 3.63) is 24.0 Å². The molecule has 1 rings (SSSR count). The van der Waals surface area contributed by atoms with Gasteiger partial charge in [0.05, 0.1) is 11.9 Å². The average Bonchev–Trinajstić information content (AvgIpc) is 2.19. The Morgan fingerprint density at radius 3 is 2.80 bits per heavy atom. The molecule has 0 aliphatic carbocycles. The minimum absolute atomic E-state index is 0.439. The van der Waals surface area contributed by atoms with Crippen LogP contribution in [0.25, 0.3) is 0 Å². The van der Waals surface area contributed by atoms with Gasteiger partial charge in [0.25, 0.3) is 0 Å². The molecule has 3 N–H and O–H groups in total. The topological polar surface area (TPSA) is 63.3 Å². The Balaban J connectivity index is 2.54. The van der Waals surface area contributed by atoms with Gasteiger partial charge in [0.2, 0.25) is 0 Å². The lowest BCUT2D eigenvalue weighted by Crippen LogP contribution is -2.23. The van der Waals surface area contributed by atoms with E-state index in [9.17, 15) is 0 Å². The molecule has 4 heteroatoms. The van der Waals surface area contributed by atoms with Crippen molar-refractivity contribution in [2.24, 2.45) is 16.6 Å². The van der Waals surface area contributed by atoms with Crippen molar-refractivity contribution in [3.63, 3.8) is 0 Å². The second-order valence-electron chi connectivity index (χ2n) is 3.93. The summed E-state index contributed by atoms with van der Waals surface area (Å²) in [7, 11) is 0. The second kappa shape index (κ2) is 5.34. The lowest BCUT2D eigenvalue weighted by molar-refractivity contribution is 0.665. The van der Waals surface area contributed by atoms with Crippen LogP contribution in [0.2, 0.25) is 0 Å². The fraction of sp³-hybridized carbons (Fsp3) is 0.455.